The number of hydrogen-bond donors (Lipinski definition) is 0. The summed E-state index contributed by atoms with van der Waals surface area (Å²) in [6, 6.07) is 0. The molecule has 0 aliphatic heterocycles. The predicted octanol–water partition coefficient (Wildman–Crippen LogP) is 5.91. The lowest BCUT2D eigenvalue weighted by molar-refractivity contribution is 0.0521. The minimum absolute atomic E-state index is 0.632. The molecule has 4 fully saturated rings. The van der Waals surface area contributed by atoms with Gasteiger partial charge in [-0.3, -0.25) is 0 Å². The monoisotopic (exact) mass is 274 g/mol. The minimum atomic E-state index is 0.632. The van der Waals surface area contributed by atoms with E-state index in [0.717, 1.165) is 40.9 Å². The van der Waals surface area contributed by atoms with Gasteiger partial charge in [0.15, 0.2) is 0 Å². The van der Waals surface area contributed by atoms with Gasteiger partial charge in [-0.2, -0.15) is 0 Å². The lowest BCUT2D eigenvalue weighted by Gasteiger charge is -2.44. The van der Waals surface area contributed by atoms with Crippen LogP contribution < -0.4 is 0 Å². The van der Waals surface area contributed by atoms with Crippen LogP contribution >= 0.6 is 0 Å². The van der Waals surface area contributed by atoms with Crippen molar-refractivity contribution in [3.05, 3.63) is 0 Å². The molecule has 0 aromatic carbocycles. The van der Waals surface area contributed by atoms with Crippen LogP contribution in [0.2, 0.25) is 0 Å². The average molecular weight is 274 g/mol. The van der Waals surface area contributed by atoms with Crippen molar-refractivity contribution in [2.45, 2.75) is 79.1 Å². The summed E-state index contributed by atoms with van der Waals surface area (Å²) in [4.78, 5) is 0. The van der Waals surface area contributed by atoms with Gasteiger partial charge in [-0.05, 0) is 97.7 Å². The third-order valence-electron chi connectivity index (χ3n) is 8.74. The Kier molecular flexibility index (Phi) is 2.91. The molecule has 114 valence electrons. The van der Waals surface area contributed by atoms with Crippen LogP contribution in [0, 0.1) is 46.3 Å². The molecular formula is C20H34. The average Bonchev–Trinajstić information content (AvgIpc) is 2.77. The zero-order valence-electron chi connectivity index (χ0n) is 14.1. The molecule has 0 saturated heterocycles. The van der Waals surface area contributed by atoms with E-state index in [2.05, 4.69) is 27.7 Å². The highest BCUT2D eigenvalue weighted by Gasteiger charge is 2.57. The standard InChI is InChI=1S/C20H34/c1-13-11-20-10-8-18-16(7-9-19(18,3)4)14(2)17(20)6-5-15(13)12-20/h13-18H,5-12H2,1-4H3/t13-,14+,15-,16-,17-,18-,20+/m0/s1. The summed E-state index contributed by atoms with van der Waals surface area (Å²) in [6.45, 7) is 10.3. The van der Waals surface area contributed by atoms with Crippen molar-refractivity contribution in [2.24, 2.45) is 46.3 Å². The van der Waals surface area contributed by atoms with Crippen LogP contribution in [-0.2, 0) is 0 Å². The van der Waals surface area contributed by atoms with Crippen molar-refractivity contribution >= 4 is 0 Å². The molecule has 0 unspecified atom stereocenters. The molecule has 4 aliphatic carbocycles. The Morgan fingerprint density at radius 1 is 0.800 bits per heavy atom. The highest BCUT2D eigenvalue weighted by atomic mass is 14.6. The van der Waals surface area contributed by atoms with Crippen LogP contribution in [0.5, 0.6) is 0 Å². The van der Waals surface area contributed by atoms with Gasteiger partial charge >= 0.3 is 0 Å². The second-order valence-corrected chi connectivity index (χ2v) is 9.89. The fourth-order valence-corrected chi connectivity index (χ4v) is 7.69. The fraction of sp³-hybridized carbons (Fsp3) is 1.00. The highest BCUT2D eigenvalue weighted by molar-refractivity contribution is 5.07. The van der Waals surface area contributed by atoms with Gasteiger partial charge in [0.05, 0.1) is 0 Å². The zero-order valence-corrected chi connectivity index (χ0v) is 14.1. The van der Waals surface area contributed by atoms with Crippen molar-refractivity contribution in [1.82, 2.24) is 0 Å². The van der Waals surface area contributed by atoms with Gasteiger partial charge in [-0.25, -0.2) is 0 Å². The van der Waals surface area contributed by atoms with Crippen LogP contribution in [0.3, 0.4) is 0 Å². The van der Waals surface area contributed by atoms with Crippen molar-refractivity contribution < 1.29 is 0 Å². The first-order chi connectivity index (χ1) is 9.43. The normalized spacial score (nSPS) is 57.0. The maximum Gasteiger partial charge on any atom is -0.0261 e. The van der Waals surface area contributed by atoms with Gasteiger partial charge in [0.1, 0.15) is 0 Å². The molecule has 4 saturated carbocycles. The molecular weight excluding hydrogens is 240 g/mol. The van der Waals surface area contributed by atoms with Crippen LogP contribution in [0.4, 0.5) is 0 Å². The van der Waals surface area contributed by atoms with Gasteiger partial charge in [0.2, 0.25) is 0 Å². The van der Waals surface area contributed by atoms with E-state index in [1.165, 1.54) is 12.8 Å². The van der Waals surface area contributed by atoms with Gasteiger partial charge in [0, 0.05) is 0 Å². The molecule has 0 radical (unpaired) electrons. The molecule has 0 heteroatoms. The Morgan fingerprint density at radius 3 is 2.40 bits per heavy atom. The number of hydrogen-bond acceptors (Lipinski definition) is 0. The molecule has 0 heterocycles. The predicted molar refractivity (Wildman–Crippen MR) is 85.4 cm³/mol. The van der Waals surface area contributed by atoms with Crippen molar-refractivity contribution in [3.8, 4) is 0 Å². The van der Waals surface area contributed by atoms with Crippen LogP contribution in [0.25, 0.3) is 0 Å². The number of fused-ring (bicyclic) bond motifs is 2. The lowest BCUT2D eigenvalue weighted by Crippen LogP contribution is -2.36. The van der Waals surface area contributed by atoms with Crippen LogP contribution in [0.1, 0.15) is 79.1 Å². The first kappa shape index (κ1) is 13.6. The smallest absolute Gasteiger partial charge is 0.0261 e. The molecule has 1 spiro atoms. The molecule has 4 aliphatic rings. The Labute approximate surface area is 126 Å². The van der Waals surface area contributed by atoms with Crippen LogP contribution in [-0.4, -0.2) is 0 Å². The van der Waals surface area contributed by atoms with E-state index < -0.39 is 0 Å². The second kappa shape index (κ2) is 4.26. The van der Waals surface area contributed by atoms with E-state index in [0.29, 0.717) is 5.41 Å². The van der Waals surface area contributed by atoms with E-state index in [-0.39, 0.29) is 0 Å². The maximum atomic E-state index is 2.65. The van der Waals surface area contributed by atoms with E-state index in [1.807, 2.05) is 0 Å². The summed E-state index contributed by atoms with van der Waals surface area (Å²) < 4.78 is 0. The summed E-state index contributed by atoms with van der Waals surface area (Å²) in [7, 11) is 0. The highest BCUT2D eigenvalue weighted by Crippen LogP contribution is 2.67. The van der Waals surface area contributed by atoms with Gasteiger partial charge in [-0.1, -0.05) is 27.7 Å². The molecule has 0 N–H and O–H groups in total. The molecule has 4 rings (SSSR count). The van der Waals surface area contributed by atoms with Gasteiger partial charge in [-0.15, -0.1) is 0 Å². The SMILES string of the molecule is C[C@@H]1[C@@H]2CCC(C)(C)[C@H]2CC[C@@]23C[C@H](CC[C@@H]12)[C@@H](C)C3. The Bertz CT molecular complexity index is 391. The van der Waals surface area contributed by atoms with Crippen molar-refractivity contribution in [3.63, 3.8) is 0 Å². The molecule has 20 heavy (non-hydrogen) atoms. The topological polar surface area (TPSA) is 0 Å². The summed E-state index contributed by atoms with van der Waals surface area (Å²) in [6.07, 6.45) is 12.5. The third kappa shape index (κ3) is 1.72. The van der Waals surface area contributed by atoms with E-state index in [1.54, 1.807) is 38.5 Å². The number of rotatable bonds is 0. The van der Waals surface area contributed by atoms with Crippen molar-refractivity contribution in [1.29, 1.82) is 0 Å². The Hall–Kier alpha value is 0. The Balaban J connectivity index is 1.68. The molecule has 0 nitrogen and oxygen atoms in total. The largest absolute Gasteiger partial charge is 0.0622 e. The van der Waals surface area contributed by atoms with E-state index in [4.69, 9.17) is 0 Å². The zero-order chi connectivity index (χ0) is 14.1. The lowest BCUT2D eigenvalue weighted by atomic mass is 9.61. The summed E-state index contributed by atoms with van der Waals surface area (Å²) in [5, 5.41) is 0. The van der Waals surface area contributed by atoms with E-state index in [9.17, 15) is 0 Å². The Morgan fingerprint density at radius 2 is 1.60 bits per heavy atom. The first-order valence-electron chi connectivity index (χ1n) is 9.43. The van der Waals surface area contributed by atoms with Gasteiger partial charge < -0.3 is 0 Å². The van der Waals surface area contributed by atoms with Crippen molar-refractivity contribution in [2.75, 3.05) is 0 Å². The molecule has 7 atom stereocenters. The molecule has 0 amide bonds. The maximum absolute atomic E-state index is 2.65. The summed E-state index contributed by atoms with van der Waals surface area (Å²) in [5.41, 5.74) is 1.41. The quantitative estimate of drug-likeness (QED) is 0.515. The second-order valence-electron chi connectivity index (χ2n) is 9.89. The third-order valence-corrected chi connectivity index (χ3v) is 8.74. The molecule has 2 bridgehead atoms. The fourth-order valence-electron chi connectivity index (χ4n) is 7.69. The van der Waals surface area contributed by atoms with E-state index >= 15 is 0 Å². The van der Waals surface area contributed by atoms with Gasteiger partial charge in [0.25, 0.3) is 0 Å². The first-order valence-corrected chi connectivity index (χ1v) is 9.43. The van der Waals surface area contributed by atoms with Crippen LogP contribution in [0.15, 0.2) is 0 Å². The molecule has 0 aromatic heterocycles. The summed E-state index contributed by atoms with van der Waals surface area (Å²) >= 11 is 0. The summed E-state index contributed by atoms with van der Waals surface area (Å²) in [5.74, 6) is 6.29. The molecule has 0 aromatic rings. The minimum Gasteiger partial charge on any atom is -0.0622 e.